The molecule has 0 spiro atoms. The zero-order chi connectivity index (χ0) is 13.5. The van der Waals surface area contributed by atoms with Crippen molar-refractivity contribution in [2.75, 3.05) is 18.5 Å². The molecule has 0 aliphatic carbocycles. The van der Waals surface area contributed by atoms with E-state index in [0.29, 0.717) is 12.4 Å². The van der Waals surface area contributed by atoms with Gasteiger partial charge in [0.15, 0.2) is 6.10 Å². The maximum Gasteiger partial charge on any atom is 0.347 e. The van der Waals surface area contributed by atoms with Gasteiger partial charge in [-0.15, -0.1) is 0 Å². The molecule has 0 saturated carbocycles. The number of aryl methyl sites for hydroxylation is 1. The van der Waals surface area contributed by atoms with Gasteiger partial charge < -0.3 is 14.8 Å². The van der Waals surface area contributed by atoms with Gasteiger partial charge in [0, 0.05) is 12.2 Å². The van der Waals surface area contributed by atoms with Crippen molar-refractivity contribution in [1.29, 1.82) is 0 Å². The van der Waals surface area contributed by atoms with Crippen molar-refractivity contribution < 1.29 is 14.3 Å². The van der Waals surface area contributed by atoms with E-state index in [1.807, 2.05) is 32.0 Å². The van der Waals surface area contributed by atoms with Gasteiger partial charge in [-0.1, -0.05) is 0 Å². The molecule has 18 heavy (non-hydrogen) atoms. The molecule has 0 amide bonds. The molecule has 0 heterocycles. The van der Waals surface area contributed by atoms with E-state index in [-0.39, 0.29) is 5.97 Å². The maximum atomic E-state index is 11.5. The summed E-state index contributed by atoms with van der Waals surface area (Å²) >= 11 is 0. The zero-order valence-electron chi connectivity index (χ0n) is 11.4. The van der Waals surface area contributed by atoms with E-state index >= 15 is 0 Å². The molecule has 4 heteroatoms. The van der Waals surface area contributed by atoms with E-state index in [9.17, 15) is 4.79 Å². The first-order valence-electron chi connectivity index (χ1n) is 6.26. The van der Waals surface area contributed by atoms with Crippen molar-refractivity contribution >= 4 is 11.7 Å². The van der Waals surface area contributed by atoms with E-state index < -0.39 is 6.10 Å². The molecular weight excluding hydrogens is 230 g/mol. The molecule has 0 bridgehead atoms. The number of rotatable bonds is 6. The summed E-state index contributed by atoms with van der Waals surface area (Å²) in [5.41, 5.74) is 2.04. The molecule has 1 aromatic carbocycles. The van der Waals surface area contributed by atoms with Crippen molar-refractivity contribution in [2.24, 2.45) is 0 Å². The van der Waals surface area contributed by atoms with Crippen LogP contribution >= 0.6 is 0 Å². The number of esters is 1. The smallest absolute Gasteiger partial charge is 0.347 e. The fourth-order valence-corrected chi connectivity index (χ4v) is 1.59. The number of nitrogens with one attached hydrogen (secondary N) is 1. The van der Waals surface area contributed by atoms with Crippen LogP contribution in [0.4, 0.5) is 5.69 Å². The second kappa shape index (κ2) is 6.89. The minimum atomic E-state index is -0.589. The van der Waals surface area contributed by atoms with Gasteiger partial charge >= 0.3 is 5.97 Å². The Hall–Kier alpha value is -1.71. The largest absolute Gasteiger partial charge is 0.479 e. The first kappa shape index (κ1) is 14.4. The number of anilines is 1. The van der Waals surface area contributed by atoms with E-state index in [2.05, 4.69) is 5.32 Å². The van der Waals surface area contributed by atoms with Gasteiger partial charge in [0.1, 0.15) is 5.75 Å². The van der Waals surface area contributed by atoms with Gasteiger partial charge in [0.2, 0.25) is 0 Å². The second-order valence-electron chi connectivity index (χ2n) is 4.02. The van der Waals surface area contributed by atoms with E-state index in [4.69, 9.17) is 9.47 Å². The predicted octanol–water partition coefficient (Wildman–Crippen LogP) is 2.76. The second-order valence-corrected chi connectivity index (χ2v) is 4.02. The standard InChI is InChI=1S/C14H21NO3/c1-5-15-12-7-8-13(10(3)9-12)18-11(4)14(16)17-6-2/h7-9,11,15H,5-6H2,1-4H3. The van der Waals surface area contributed by atoms with Crippen molar-refractivity contribution in [2.45, 2.75) is 33.8 Å². The number of carbonyl (C=O) groups is 1. The number of ether oxygens (including phenoxy) is 2. The highest BCUT2D eigenvalue weighted by Gasteiger charge is 2.16. The topological polar surface area (TPSA) is 47.6 Å². The van der Waals surface area contributed by atoms with Crippen molar-refractivity contribution in [3.05, 3.63) is 23.8 Å². The van der Waals surface area contributed by atoms with Crippen LogP contribution in [0.2, 0.25) is 0 Å². The fourth-order valence-electron chi connectivity index (χ4n) is 1.59. The fraction of sp³-hybridized carbons (Fsp3) is 0.500. The van der Waals surface area contributed by atoms with Crippen LogP contribution in [0, 0.1) is 6.92 Å². The molecule has 0 saturated heterocycles. The maximum absolute atomic E-state index is 11.5. The summed E-state index contributed by atoms with van der Waals surface area (Å²) in [5.74, 6) is 0.366. The Morgan fingerprint density at radius 1 is 1.39 bits per heavy atom. The lowest BCUT2D eigenvalue weighted by molar-refractivity contribution is -0.150. The molecule has 100 valence electrons. The Morgan fingerprint density at radius 2 is 2.11 bits per heavy atom. The third-order valence-corrected chi connectivity index (χ3v) is 2.48. The third-order valence-electron chi connectivity index (χ3n) is 2.48. The van der Waals surface area contributed by atoms with Crippen LogP contribution in [0.5, 0.6) is 5.75 Å². The lowest BCUT2D eigenvalue weighted by Gasteiger charge is -2.16. The third kappa shape index (κ3) is 3.95. The first-order chi connectivity index (χ1) is 8.58. The van der Waals surface area contributed by atoms with E-state index in [1.54, 1.807) is 13.8 Å². The Morgan fingerprint density at radius 3 is 2.67 bits per heavy atom. The molecule has 0 aliphatic heterocycles. The summed E-state index contributed by atoms with van der Waals surface area (Å²) in [7, 11) is 0. The predicted molar refractivity (Wildman–Crippen MR) is 72.1 cm³/mol. The molecule has 1 rings (SSSR count). The van der Waals surface area contributed by atoms with Gasteiger partial charge in [0.25, 0.3) is 0 Å². The van der Waals surface area contributed by atoms with E-state index in [0.717, 1.165) is 17.8 Å². The van der Waals surface area contributed by atoms with Gasteiger partial charge in [-0.25, -0.2) is 4.79 Å². The molecule has 1 aromatic rings. The highest BCUT2D eigenvalue weighted by Crippen LogP contribution is 2.23. The quantitative estimate of drug-likeness (QED) is 0.790. The average Bonchev–Trinajstić information content (AvgIpc) is 2.33. The monoisotopic (exact) mass is 251 g/mol. The Labute approximate surface area is 108 Å². The Balaban J connectivity index is 2.70. The van der Waals surface area contributed by atoms with Crippen molar-refractivity contribution in [3.63, 3.8) is 0 Å². The Bertz CT molecular complexity index is 404. The molecule has 1 N–H and O–H groups in total. The van der Waals surface area contributed by atoms with Gasteiger partial charge in [-0.3, -0.25) is 0 Å². The normalized spacial score (nSPS) is 11.8. The van der Waals surface area contributed by atoms with Gasteiger partial charge in [0.05, 0.1) is 6.61 Å². The van der Waals surface area contributed by atoms with Crippen LogP contribution in [0.15, 0.2) is 18.2 Å². The average molecular weight is 251 g/mol. The molecule has 0 aromatic heterocycles. The summed E-state index contributed by atoms with van der Waals surface area (Å²) in [6.45, 7) is 8.71. The first-order valence-corrected chi connectivity index (χ1v) is 6.26. The summed E-state index contributed by atoms with van der Waals surface area (Å²) in [4.78, 5) is 11.5. The zero-order valence-corrected chi connectivity index (χ0v) is 11.4. The van der Waals surface area contributed by atoms with Crippen LogP contribution in [0.1, 0.15) is 26.3 Å². The highest BCUT2D eigenvalue weighted by molar-refractivity contribution is 5.74. The molecule has 1 atom stereocenters. The molecule has 4 nitrogen and oxygen atoms in total. The van der Waals surface area contributed by atoms with Crippen LogP contribution < -0.4 is 10.1 Å². The molecular formula is C14H21NO3. The summed E-state index contributed by atoms with van der Waals surface area (Å²) < 4.78 is 10.5. The summed E-state index contributed by atoms with van der Waals surface area (Å²) in [6.07, 6.45) is -0.589. The SMILES string of the molecule is CCNc1ccc(OC(C)C(=O)OCC)c(C)c1. The summed E-state index contributed by atoms with van der Waals surface area (Å²) in [5, 5.41) is 3.22. The molecule has 0 fully saturated rings. The number of hydrogen-bond acceptors (Lipinski definition) is 4. The van der Waals surface area contributed by atoms with Crippen LogP contribution in [-0.2, 0) is 9.53 Å². The lowest BCUT2D eigenvalue weighted by Crippen LogP contribution is -2.26. The van der Waals surface area contributed by atoms with Gasteiger partial charge in [-0.2, -0.15) is 0 Å². The number of carbonyl (C=O) groups excluding carboxylic acids is 1. The molecule has 1 unspecified atom stereocenters. The number of benzene rings is 1. The Kier molecular flexibility index (Phi) is 5.49. The van der Waals surface area contributed by atoms with Crippen molar-refractivity contribution in [1.82, 2.24) is 0 Å². The van der Waals surface area contributed by atoms with Crippen molar-refractivity contribution in [3.8, 4) is 5.75 Å². The highest BCUT2D eigenvalue weighted by atomic mass is 16.6. The van der Waals surface area contributed by atoms with Gasteiger partial charge in [-0.05, 0) is 51.5 Å². The summed E-state index contributed by atoms with van der Waals surface area (Å²) in [6, 6.07) is 5.80. The van der Waals surface area contributed by atoms with Crippen LogP contribution in [0.25, 0.3) is 0 Å². The minimum Gasteiger partial charge on any atom is -0.479 e. The lowest BCUT2D eigenvalue weighted by atomic mass is 10.2. The minimum absolute atomic E-state index is 0.340. The van der Waals surface area contributed by atoms with E-state index in [1.165, 1.54) is 0 Å². The van der Waals surface area contributed by atoms with Crippen LogP contribution in [-0.4, -0.2) is 25.2 Å². The number of hydrogen-bond donors (Lipinski definition) is 1. The molecule has 0 radical (unpaired) electrons. The molecule has 0 aliphatic rings. The van der Waals surface area contributed by atoms with Crippen LogP contribution in [0.3, 0.4) is 0 Å².